The number of nitrogens with zero attached hydrogens (tertiary/aromatic N) is 2. The van der Waals surface area contributed by atoms with Crippen molar-refractivity contribution in [3.05, 3.63) is 102 Å². The number of nitrogens with one attached hydrogen (secondary N) is 2. The fraction of sp³-hybridized carbons (Fsp3) is 0. The maximum absolute atomic E-state index is 13.2. The van der Waals surface area contributed by atoms with E-state index in [9.17, 15) is 13.4 Å². The summed E-state index contributed by atoms with van der Waals surface area (Å²) >= 11 is 0. The first-order valence-corrected chi connectivity index (χ1v) is 11.5. The molecule has 1 amide bonds. The quantitative estimate of drug-likeness (QED) is 0.350. The molecule has 0 saturated carbocycles. The van der Waals surface area contributed by atoms with Crippen molar-refractivity contribution < 1.29 is 13.4 Å². The van der Waals surface area contributed by atoms with E-state index < -0.39 is 15.6 Å². The van der Waals surface area contributed by atoms with Gasteiger partial charge in [-0.3, -0.25) is 9.78 Å². The Morgan fingerprint density at radius 3 is 2.32 bits per heavy atom. The van der Waals surface area contributed by atoms with E-state index in [-0.39, 0.29) is 26.7 Å². The van der Waals surface area contributed by atoms with Crippen molar-refractivity contribution in [2.75, 3.05) is 11.1 Å². The van der Waals surface area contributed by atoms with Crippen molar-refractivity contribution in [3.8, 4) is 17.2 Å². The third kappa shape index (κ3) is 4.62. The van der Waals surface area contributed by atoms with Crippen LogP contribution < -0.4 is 11.1 Å². The first-order valence-electron chi connectivity index (χ1n) is 9.99. The molecule has 7 nitrogen and oxygen atoms in total. The van der Waals surface area contributed by atoms with Gasteiger partial charge >= 0.3 is 0 Å². The number of halogens is 1. The summed E-state index contributed by atoms with van der Waals surface area (Å²) in [4.78, 5) is 16.9. The SMILES string of the molecule is N#Cc1cncc(S(=N)(=O)c2ccc(C(=O)Nc3cc(-c4ccc(F)cc4)ccc3N)cc2)c1. The van der Waals surface area contributed by atoms with Gasteiger partial charge < -0.3 is 11.1 Å². The molecule has 0 fully saturated rings. The Kier molecular flexibility index (Phi) is 6.08. The van der Waals surface area contributed by atoms with Crippen LogP contribution in [0.2, 0.25) is 0 Å². The summed E-state index contributed by atoms with van der Waals surface area (Å²) in [6.07, 6.45) is 2.61. The Morgan fingerprint density at radius 2 is 1.65 bits per heavy atom. The van der Waals surface area contributed by atoms with Gasteiger partial charge in [0, 0.05) is 18.0 Å². The second-order valence-electron chi connectivity index (χ2n) is 7.36. The number of pyridine rings is 1. The summed E-state index contributed by atoms with van der Waals surface area (Å²) in [7, 11) is -3.41. The number of aromatic nitrogens is 1. The summed E-state index contributed by atoms with van der Waals surface area (Å²) in [6.45, 7) is 0. The highest BCUT2D eigenvalue weighted by atomic mass is 32.2. The van der Waals surface area contributed by atoms with Crippen LogP contribution in [0.1, 0.15) is 15.9 Å². The molecule has 9 heteroatoms. The normalized spacial score (nSPS) is 12.4. The number of rotatable bonds is 5. The van der Waals surface area contributed by atoms with Gasteiger partial charge in [0.1, 0.15) is 21.6 Å². The molecule has 4 N–H and O–H groups in total. The van der Waals surface area contributed by atoms with Crippen molar-refractivity contribution in [2.45, 2.75) is 9.79 Å². The molecule has 0 spiro atoms. The number of hydrogen-bond donors (Lipinski definition) is 3. The van der Waals surface area contributed by atoms with Crippen molar-refractivity contribution in [1.29, 1.82) is 10.0 Å². The molecule has 1 atom stereocenters. The molecule has 1 unspecified atom stereocenters. The minimum absolute atomic E-state index is 0.106. The summed E-state index contributed by atoms with van der Waals surface area (Å²) in [5.41, 5.74) is 8.76. The summed E-state index contributed by atoms with van der Waals surface area (Å²) < 4.78 is 34.6. The highest BCUT2D eigenvalue weighted by Crippen LogP contribution is 2.28. The molecule has 0 bridgehead atoms. The van der Waals surface area contributed by atoms with Crippen LogP contribution in [-0.2, 0) is 9.73 Å². The van der Waals surface area contributed by atoms with Gasteiger partial charge in [0.15, 0.2) is 0 Å². The van der Waals surface area contributed by atoms with E-state index in [4.69, 9.17) is 15.8 Å². The van der Waals surface area contributed by atoms with Crippen LogP contribution in [0.15, 0.2) is 95.0 Å². The second kappa shape index (κ2) is 9.13. The lowest BCUT2D eigenvalue weighted by molar-refractivity contribution is 0.102. The van der Waals surface area contributed by atoms with Crippen LogP contribution in [0, 0.1) is 21.9 Å². The van der Waals surface area contributed by atoms with Crippen LogP contribution >= 0.6 is 0 Å². The van der Waals surface area contributed by atoms with E-state index in [0.29, 0.717) is 11.4 Å². The molecule has 3 aromatic carbocycles. The predicted octanol–water partition coefficient (Wildman–Crippen LogP) is 5.06. The Labute approximate surface area is 195 Å². The lowest BCUT2D eigenvalue weighted by Gasteiger charge is -2.12. The largest absolute Gasteiger partial charge is 0.397 e. The molecule has 0 aliphatic heterocycles. The average molecular weight is 472 g/mol. The van der Waals surface area contributed by atoms with Crippen molar-refractivity contribution in [2.24, 2.45) is 0 Å². The molecule has 0 aliphatic carbocycles. The molecule has 0 aliphatic rings. The molecule has 0 radical (unpaired) electrons. The maximum Gasteiger partial charge on any atom is 0.255 e. The number of carbonyl (C=O) groups excluding carboxylic acids is 1. The second-order valence-corrected chi connectivity index (χ2v) is 9.42. The van der Waals surface area contributed by atoms with Gasteiger partial charge in [-0.25, -0.2) is 13.4 Å². The molecule has 4 rings (SSSR count). The molecule has 168 valence electrons. The van der Waals surface area contributed by atoms with Crippen LogP contribution in [0.4, 0.5) is 15.8 Å². The van der Waals surface area contributed by atoms with E-state index in [0.717, 1.165) is 11.1 Å². The lowest BCUT2D eigenvalue weighted by atomic mass is 10.0. The van der Waals surface area contributed by atoms with Crippen LogP contribution in [0.5, 0.6) is 0 Å². The first kappa shape index (κ1) is 22.6. The zero-order chi connectivity index (χ0) is 24.3. The van der Waals surface area contributed by atoms with E-state index in [1.165, 1.54) is 54.9 Å². The molecule has 34 heavy (non-hydrogen) atoms. The lowest BCUT2D eigenvalue weighted by Crippen LogP contribution is -2.13. The van der Waals surface area contributed by atoms with Gasteiger partial charge in [-0.2, -0.15) is 5.26 Å². The number of nitrogen functional groups attached to an aromatic ring is 1. The highest BCUT2D eigenvalue weighted by molar-refractivity contribution is 7.92. The van der Waals surface area contributed by atoms with Gasteiger partial charge in [0.2, 0.25) is 0 Å². The molecule has 1 heterocycles. The molecule has 0 saturated heterocycles. The zero-order valence-corrected chi connectivity index (χ0v) is 18.5. The van der Waals surface area contributed by atoms with E-state index in [2.05, 4.69) is 10.3 Å². The van der Waals surface area contributed by atoms with Crippen LogP contribution in [0.25, 0.3) is 11.1 Å². The Morgan fingerprint density at radius 1 is 0.971 bits per heavy atom. The van der Waals surface area contributed by atoms with E-state index >= 15 is 0 Å². The van der Waals surface area contributed by atoms with Crippen LogP contribution in [-0.4, -0.2) is 15.1 Å². The minimum atomic E-state index is -3.41. The summed E-state index contributed by atoms with van der Waals surface area (Å²) in [6, 6.07) is 20.1. The molecular weight excluding hydrogens is 453 g/mol. The monoisotopic (exact) mass is 471 g/mol. The smallest absolute Gasteiger partial charge is 0.255 e. The predicted molar refractivity (Wildman–Crippen MR) is 127 cm³/mol. The van der Waals surface area contributed by atoms with Gasteiger partial charge in [0.25, 0.3) is 5.91 Å². The minimum Gasteiger partial charge on any atom is -0.397 e. The third-order valence-corrected chi connectivity index (χ3v) is 6.92. The topological polar surface area (TPSA) is 133 Å². The van der Waals surface area contributed by atoms with Crippen molar-refractivity contribution in [3.63, 3.8) is 0 Å². The van der Waals surface area contributed by atoms with Gasteiger partial charge in [0.05, 0.1) is 26.7 Å². The zero-order valence-electron chi connectivity index (χ0n) is 17.7. The van der Waals surface area contributed by atoms with Gasteiger partial charge in [-0.1, -0.05) is 18.2 Å². The molecular formula is C25H18FN5O2S. The number of hydrogen-bond acceptors (Lipinski definition) is 6. The van der Waals surface area contributed by atoms with E-state index in [1.807, 2.05) is 6.07 Å². The van der Waals surface area contributed by atoms with E-state index in [1.54, 1.807) is 30.3 Å². The highest BCUT2D eigenvalue weighted by Gasteiger charge is 2.16. The summed E-state index contributed by atoms with van der Waals surface area (Å²) in [5.74, 6) is -0.791. The first-order chi connectivity index (χ1) is 16.3. The summed E-state index contributed by atoms with van der Waals surface area (Å²) in [5, 5.41) is 11.8. The third-order valence-electron chi connectivity index (χ3n) is 5.10. The molecule has 4 aromatic rings. The Balaban J connectivity index is 1.56. The number of benzene rings is 3. The number of carbonyl (C=O) groups is 1. The van der Waals surface area contributed by atoms with Crippen molar-refractivity contribution in [1.82, 2.24) is 4.98 Å². The Hall–Kier alpha value is -4.55. The Bertz CT molecular complexity index is 1530. The number of nitriles is 1. The number of amides is 1. The average Bonchev–Trinajstić information content (AvgIpc) is 2.86. The van der Waals surface area contributed by atoms with Crippen molar-refractivity contribution >= 4 is 27.0 Å². The number of anilines is 2. The standard InChI is InChI=1S/C25H18FN5O2S/c26-20-6-1-17(2-7-20)19-5-10-23(28)24(12-19)31-25(32)18-3-8-21(9-4-18)34(29,33)22-11-16(13-27)14-30-15-22/h1-12,14-15,29H,28H2,(H,31,32). The molecule has 1 aromatic heterocycles. The fourth-order valence-corrected chi connectivity index (χ4v) is 4.55. The maximum atomic E-state index is 13.2. The fourth-order valence-electron chi connectivity index (χ4n) is 3.25. The van der Waals surface area contributed by atoms with Crippen LogP contribution in [0.3, 0.4) is 0 Å². The number of nitrogens with two attached hydrogens (primary N) is 1. The van der Waals surface area contributed by atoms with Gasteiger partial charge in [-0.15, -0.1) is 0 Å². The van der Waals surface area contributed by atoms with Gasteiger partial charge in [-0.05, 0) is 65.7 Å².